The first kappa shape index (κ1) is 9.71. The fourth-order valence-electron chi connectivity index (χ4n) is 1.88. The number of hydrogen-bond donors (Lipinski definition) is 0. The van der Waals surface area contributed by atoms with Crippen molar-refractivity contribution in [3.8, 4) is 0 Å². The number of nitrogens with zero attached hydrogens (tertiary/aromatic N) is 1. The van der Waals surface area contributed by atoms with E-state index in [0.717, 1.165) is 15.7 Å². The van der Waals surface area contributed by atoms with E-state index in [2.05, 4.69) is 15.9 Å². The molecule has 1 amide bonds. The summed E-state index contributed by atoms with van der Waals surface area (Å²) in [5.74, 6) is 0.202. The molecule has 0 bridgehead atoms. The molecule has 1 aliphatic rings. The number of amides is 1. The summed E-state index contributed by atoms with van der Waals surface area (Å²) in [6, 6.07) is 6.25. The topological polar surface area (TPSA) is 20.3 Å². The van der Waals surface area contributed by atoms with Gasteiger partial charge in [-0.3, -0.25) is 4.79 Å². The van der Waals surface area contributed by atoms with Gasteiger partial charge in [0.2, 0.25) is 5.91 Å². The summed E-state index contributed by atoms with van der Waals surface area (Å²) < 4.78 is 1.04. The Bertz CT molecular complexity index is 387. The fraction of sp³-hybridized carbons (Fsp3) is 0.364. The molecule has 0 saturated carbocycles. The lowest BCUT2D eigenvalue weighted by atomic mass is 10.2. The van der Waals surface area contributed by atoms with Gasteiger partial charge in [-0.1, -0.05) is 15.9 Å². The number of rotatable bonds is 1. The molecule has 1 aromatic carbocycles. The molecule has 0 fully saturated rings. The number of benzene rings is 1. The zero-order chi connectivity index (χ0) is 10.3. The second-order valence-corrected chi connectivity index (χ2v) is 4.72. The molecule has 14 heavy (non-hydrogen) atoms. The molecule has 0 saturated heterocycles. The zero-order valence-electron chi connectivity index (χ0n) is 8.25. The maximum atomic E-state index is 11.7. The van der Waals surface area contributed by atoms with Crippen LogP contribution in [0.2, 0.25) is 0 Å². The molecule has 0 aromatic heterocycles. The monoisotopic (exact) mass is 253 g/mol. The highest BCUT2D eigenvalue weighted by Crippen LogP contribution is 2.32. The van der Waals surface area contributed by atoms with E-state index in [-0.39, 0.29) is 11.9 Å². The summed E-state index contributed by atoms with van der Waals surface area (Å²) in [4.78, 5) is 13.6. The Balaban J connectivity index is 2.48. The van der Waals surface area contributed by atoms with Crippen molar-refractivity contribution in [1.29, 1.82) is 0 Å². The molecule has 0 N–H and O–H groups in total. The Morgan fingerprint density at radius 1 is 1.43 bits per heavy atom. The number of hydrogen-bond acceptors (Lipinski definition) is 1. The van der Waals surface area contributed by atoms with E-state index in [9.17, 15) is 4.79 Å². The Hall–Kier alpha value is -0.830. The van der Waals surface area contributed by atoms with Crippen molar-refractivity contribution in [1.82, 2.24) is 0 Å². The highest BCUT2D eigenvalue weighted by atomic mass is 79.9. The third-order valence-electron chi connectivity index (χ3n) is 2.43. The number of anilines is 1. The van der Waals surface area contributed by atoms with Gasteiger partial charge in [-0.05, 0) is 37.6 Å². The molecule has 0 atom stereocenters. The van der Waals surface area contributed by atoms with E-state index in [0.29, 0.717) is 6.42 Å². The molecule has 0 unspecified atom stereocenters. The van der Waals surface area contributed by atoms with Gasteiger partial charge in [0.15, 0.2) is 0 Å². The minimum atomic E-state index is 0.202. The Morgan fingerprint density at radius 2 is 2.14 bits per heavy atom. The van der Waals surface area contributed by atoms with Crippen LogP contribution >= 0.6 is 15.9 Å². The van der Waals surface area contributed by atoms with Gasteiger partial charge in [-0.15, -0.1) is 0 Å². The molecular formula is C11H12BrNO. The first-order chi connectivity index (χ1) is 6.59. The smallest absolute Gasteiger partial charge is 0.231 e. The standard InChI is InChI=1S/C11H12BrNO/c1-7(2)13-10-4-3-9(12)5-8(10)6-11(13)14/h3-5,7H,6H2,1-2H3. The fourth-order valence-corrected chi connectivity index (χ4v) is 2.29. The predicted octanol–water partition coefficient (Wildman–Crippen LogP) is 2.75. The maximum absolute atomic E-state index is 11.7. The van der Waals surface area contributed by atoms with E-state index in [4.69, 9.17) is 0 Å². The first-order valence-corrected chi connectivity index (χ1v) is 5.49. The average Bonchev–Trinajstić information content (AvgIpc) is 2.39. The summed E-state index contributed by atoms with van der Waals surface area (Å²) in [6.07, 6.45) is 0.535. The van der Waals surface area contributed by atoms with Gasteiger partial charge in [-0.2, -0.15) is 0 Å². The van der Waals surface area contributed by atoms with Gasteiger partial charge < -0.3 is 4.90 Å². The molecule has 2 nitrogen and oxygen atoms in total. The molecule has 1 aromatic rings. The van der Waals surface area contributed by atoms with Crippen LogP contribution < -0.4 is 4.90 Å². The summed E-state index contributed by atoms with van der Waals surface area (Å²) in [6.45, 7) is 4.07. The quantitative estimate of drug-likeness (QED) is 0.754. The summed E-state index contributed by atoms with van der Waals surface area (Å²) in [5, 5.41) is 0. The van der Waals surface area contributed by atoms with Crippen molar-refractivity contribution < 1.29 is 4.79 Å². The second-order valence-electron chi connectivity index (χ2n) is 3.81. The van der Waals surface area contributed by atoms with Crippen LogP contribution in [0.15, 0.2) is 22.7 Å². The van der Waals surface area contributed by atoms with E-state index >= 15 is 0 Å². The lowest BCUT2D eigenvalue weighted by molar-refractivity contribution is -0.117. The molecule has 1 aliphatic heterocycles. The number of carbonyl (C=O) groups excluding carboxylic acids is 1. The number of fused-ring (bicyclic) bond motifs is 1. The van der Waals surface area contributed by atoms with Gasteiger partial charge in [0, 0.05) is 16.2 Å². The predicted molar refractivity (Wildman–Crippen MR) is 60.5 cm³/mol. The van der Waals surface area contributed by atoms with E-state index in [1.807, 2.05) is 36.9 Å². The molecule has 1 heterocycles. The summed E-state index contributed by atoms with van der Waals surface area (Å²) in [5.41, 5.74) is 2.19. The normalized spacial score (nSPS) is 15.1. The van der Waals surface area contributed by atoms with Gasteiger partial charge >= 0.3 is 0 Å². The molecule has 74 valence electrons. The Kier molecular flexibility index (Phi) is 2.35. The van der Waals surface area contributed by atoms with E-state index < -0.39 is 0 Å². The molecule has 0 radical (unpaired) electrons. The van der Waals surface area contributed by atoms with Crippen molar-refractivity contribution in [3.63, 3.8) is 0 Å². The zero-order valence-corrected chi connectivity index (χ0v) is 9.84. The van der Waals surface area contributed by atoms with Crippen LogP contribution in [0.25, 0.3) is 0 Å². The van der Waals surface area contributed by atoms with Crippen LogP contribution in [0.5, 0.6) is 0 Å². The maximum Gasteiger partial charge on any atom is 0.231 e. The van der Waals surface area contributed by atoms with Crippen LogP contribution in [0.1, 0.15) is 19.4 Å². The Morgan fingerprint density at radius 3 is 2.79 bits per heavy atom. The van der Waals surface area contributed by atoms with Crippen molar-refractivity contribution in [2.75, 3.05) is 4.90 Å². The lowest BCUT2D eigenvalue weighted by Gasteiger charge is -2.21. The third kappa shape index (κ3) is 1.46. The van der Waals surface area contributed by atoms with Gasteiger partial charge in [0.25, 0.3) is 0 Å². The van der Waals surface area contributed by atoms with Crippen LogP contribution in [-0.2, 0) is 11.2 Å². The van der Waals surface area contributed by atoms with Crippen molar-refractivity contribution >= 4 is 27.5 Å². The van der Waals surface area contributed by atoms with Crippen LogP contribution in [-0.4, -0.2) is 11.9 Å². The van der Waals surface area contributed by atoms with Crippen LogP contribution in [0.3, 0.4) is 0 Å². The molecule has 2 rings (SSSR count). The highest BCUT2D eigenvalue weighted by Gasteiger charge is 2.28. The van der Waals surface area contributed by atoms with E-state index in [1.54, 1.807) is 0 Å². The second kappa shape index (κ2) is 3.39. The van der Waals surface area contributed by atoms with Gasteiger partial charge in [0.05, 0.1) is 6.42 Å². The molecule has 0 aliphatic carbocycles. The minimum absolute atomic E-state index is 0.202. The number of carbonyl (C=O) groups is 1. The number of halogens is 1. The SMILES string of the molecule is CC(C)N1C(=O)Cc2cc(Br)ccc21. The molecule has 3 heteroatoms. The van der Waals surface area contributed by atoms with Gasteiger partial charge in [-0.25, -0.2) is 0 Å². The third-order valence-corrected chi connectivity index (χ3v) is 2.92. The molecular weight excluding hydrogens is 242 g/mol. The summed E-state index contributed by atoms with van der Waals surface area (Å²) >= 11 is 3.41. The van der Waals surface area contributed by atoms with Gasteiger partial charge in [0.1, 0.15) is 0 Å². The van der Waals surface area contributed by atoms with Crippen molar-refractivity contribution in [3.05, 3.63) is 28.2 Å². The van der Waals surface area contributed by atoms with Crippen LogP contribution in [0, 0.1) is 0 Å². The lowest BCUT2D eigenvalue weighted by Crippen LogP contribution is -2.33. The molecule has 0 spiro atoms. The summed E-state index contributed by atoms with van der Waals surface area (Å²) in [7, 11) is 0. The minimum Gasteiger partial charge on any atom is -0.309 e. The highest BCUT2D eigenvalue weighted by molar-refractivity contribution is 9.10. The van der Waals surface area contributed by atoms with Crippen molar-refractivity contribution in [2.24, 2.45) is 0 Å². The van der Waals surface area contributed by atoms with E-state index in [1.165, 1.54) is 0 Å². The van der Waals surface area contributed by atoms with Crippen LogP contribution in [0.4, 0.5) is 5.69 Å². The average molecular weight is 254 g/mol. The first-order valence-electron chi connectivity index (χ1n) is 4.70. The largest absolute Gasteiger partial charge is 0.309 e. The Labute approximate surface area is 92.0 Å². The van der Waals surface area contributed by atoms with Crippen molar-refractivity contribution in [2.45, 2.75) is 26.3 Å².